The van der Waals surface area contributed by atoms with Gasteiger partial charge in [-0.25, -0.2) is 0 Å². The van der Waals surface area contributed by atoms with E-state index in [1.807, 2.05) is 11.3 Å². The summed E-state index contributed by atoms with van der Waals surface area (Å²) in [6, 6.07) is 5.11. The van der Waals surface area contributed by atoms with Crippen LogP contribution in [0.3, 0.4) is 0 Å². The molecule has 1 unspecified atom stereocenters. The van der Waals surface area contributed by atoms with Crippen molar-refractivity contribution in [1.29, 1.82) is 0 Å². The Morgan fingerprint density at radius 1 is 1.39 bits per heavy atom. The highest BCUT2D eigenvalue weighted by atomic mass is 32.1. The Hall–Kier alpha value is -0.380. The molecule has 1 saturated heterocycles. The number of rotatable bonds is 2. The van der Waals surface area contributed by atoms with Gasteiger partial charge in [0.15, 0.2) is 0 Å². The molecule has 2 aliphatic rings. The fourth-order valence-corrected chi connectivity index (χ4v) is 4.20. The molecule has 1 N–H and O–H groups in total. The first-order chi connectivity index (χ1) is 8.77. The van der Waals surface area contributed by atoms with Crippen molar-refractivity contribution in [2.75, 3.05) is 13.1 Å². The number of nitrogens with one attached hydrogen (secondary N) is 1. The first-order valence-electron chi connectivity index (χ1n) is 7.29. The number of piperazine rings is 1. The van der Waals surface area contributed by atoms with Crippen LogP contribution in [0.2, 0.25) is 0 Å². The molecule has 1 saturated carbocycles. The molecule has 1 aliphatic heterocycles. The molecular weight excluding hydrogens is 240 g/mol. The molecule has 0 amide bonds. The third-order valence-corrected chi connectivity index (χ3v) is 5.51. The zero-order valence-corrected chi connectivity index (χ0v) is 12.1. The maximum Gasteiger partial charge on any atom is 0.0332 e. The van der Waals surface area contributed by atoms with Gasteiger partial charge >= 0.3 is 0 Å². The summed E-state index contributed by atoms with van der Waals surface area (Å²) in [4.78, 5) is 4.20. The summed E-state index contributed by atoms with van der Waals surface area (Å²) in [5.41, 5.74) is 0.433. The summed E-state index contributed by atoms with van der Waals surface area (Å²) in [5, 5.41) is 6.05. The molecule has 100 valence electrons. The van der Waals surface area contributed by atoms with Gasteiger partial charge < -0.3 is 5.32 Å². The molecule has 2 fully saturated rings. The molecule has 1 aliphatic carbocycles. The molecule has 3 rings (SSSR count). The minimum atomic E-state index is 0.433. The maximum absolute atomic E-state index is 3.86. The smallest absolute Gasteiger partial charge is 0.0332 e. The van der Waals surface area contributed by atoms with E-state index >= 15 is 0 Å². The van der Waals surface area contributed by atoms with Crippen LogP contribution in [0.1, 0.15) is 43.9 Å². The minimum Gasteiger partial charge on any atom is -0.308 e. The van der Waals surface area contributed by atoms with E-state index in [4.69, 9.17) is 0 Å². The SMILES string of the molecule is CC1CNC2(CCCCC2)CN1Cc1cccs1. The van der Waals surface area contributed by atoms with E-state index in [9.17, 15) is 0 Å². The third-order valence-electron chi connectivity index (χ3n) is 4.65. The first kappa shape index (κ1) is 12.6. The van der Waals surface area contributed by atoms with Gasteiger partial charge in [-0.3, -0.25) is 4.90 Å². The van der Waals surface area contributed by atoms with Crippen LogP contribution in [0.4, 0.5) is 0 Å². The molecule has 2 nitrogen and oxygen atoms in total. The van der Waals surface area contributed by atoms with Crippen LogP contribution < -0.4 is 5.32 Å². The van der Waals surface area contributed by atoms with E-state index in [2.05, 4.69) is 34.7 Å². The minimum absolute atomic E-state index is 0.433. The van der Waals surface area contributed by atoms with Crippen LogP contribution in [-0.2, 0) is 6.54 Å². The average Bonchev–Trinajstić information content (AvgIpc) is 2.88. The largest absolute Gasteiger partial charge is 0.308 e. The van der Waals surface area contributed by atoms with Crippen LogP contribution in [0.25, 0.3) is 0 Å². The zero-order chi connectivity index (χ0) is 12.4. The van der Waals surface area contributed by atoms with Crippen molar-refractivity contribution in [3.63, 3.8) is 0 Å². The lowest BCUT2D eigenvalue weighted by Crippen LogP contribution is -2.63. The van der Waals surface area contributed by atoms with E-state index in [-0.39, 0.29) is 0 Å². The fourth-order valence-electron chi connectivity index (χ4n) is 3.47. The van der Waals surface area contributed by atoms with Gasteiger partial charge in [-0.2, -0.15) is 0 Å². The third kappa shape index (κ3) is 2.63. The lowest BCUT2D eigenvalue weighted by Gasteiger charge is -2.49. The van der Waals surface area contributed by atoms with Gasteiger partial charge in [0.1, 0.15) is 0 Å². The quantitative estimate of drug-likeness (QED) is 0.882. The van der Waals surface area contributed by atoms with E-state index in [0.29, 0.717) is 11.6 Å². The van der Waals surface area contributed by atoms with Crippen molar-refractivity contribution in [2.45, 2.75) is 57.2 Å². The van der Waals surface area contributed by atoms with E-state index in [0.717, 1.165) is 13.1 Å². The Balaban J connectivity index is 1.68. The van der Waals surface area contributed by atoms with Gasteiger partial charge in [-0.15, -0.1) is 11.3 Å². The molecular formula is C15H24N2S. The van der Waals surface area contributed by atoms with Crippen LogP contribution in [0.5, 0.6) is 0 Å². The molecule has 0 radical (unpaired) electrons. The summed E-state index contributed by atoms with van der Waals surface area (Å²) >= 11 is 1.89. The van der Waals surface area contributed by atoms with Crippen LogP contribution in [0, 0.1) is 0 Å². The van der Waals surface area contributed by atoms with Crippen LogP contribution in [-0.4, -0.2) is 29.6 Å². The van der Waals surface area contributed by atoms with Gasteiger partial charge in [0.2, 0.25) is 0 Å². The van der Waals surface area contributed by atoms with E-state index < -0.39 is 0 Å². The normalized spacial score (nSPS) is 28.6. The summed E-state index contributed by atoms with van der Waals surface area (Å²) in [7, 11) is 0. The fraction of sp³-hybridized carbons (Fsp3) is 0.733. The Morgan fingerprint density at radius 2 is 2.22 bits per heavy atom. The Morgan fingerprint density at radius 3 is 2.94 bits per heavy atom. The molecule has 18 heavy (non-hydrogen) atoms. The number of nitrogens with zero attached hydrogens (tertiary/aromatic N) is 1. The Labute approximate surface area is 114 Å². The highest BCUT2D eigenvalue weighted by Gasteiger charge is 2.38. The molecule has 0 bridgehead atoms. The Kier molecular flexibility index (Phi) is 3.73. The second-order valence-electron chi connectivity index (χ2n) is 6.06. The van der Waals surface area contributed by atoms with Crippen LogP contribution in [0.15, 0.2) is 17.5 Å². The molecule has 3 heteroatoms. The van der Waals surface area contributed by atoms with Crippen molar-refractivity contribution < 1.29 is 0 Å². The summed E-state index contributed by atoms with van der Waals surface area (Å²) < 4.78 is 0. The van der Waals surface area contributed by atoms with Crippen molar-refractivity contribution >= 4 is 11.3 Å². The summed E-state index contributed by atoms with van der Waals surface area (Å²) in [5.74, 6) is 0. The summed E-state index contributed by atoms with van der Waals surface area (Å²) in [6.07, 6.45) is 7.01. The van der Waals surface area contributed by atoms with Gasteiger partial charge in [0.05, 0.1) is 0 Å². The predicted octanol–water partition coefficient (Wildman–Crippen LogP) is 3.24. The van der Waals surface area contributed by atoms with Gasteiger partial charge in [0.25, 0.3) is 0 Å². The molecule has 2 heterocycles. The molecule has 0 aromatic carbocycles. The highest BCUT2D eigenvalue weighted by Crippen LogP contribution is 2.32. The number of hydrogen-bond donors (Lipinski definition) is 1. The van der Waals surface area contributed by atoms with E-state index in [1.54, 1.807) is 0 Å². The van der Waals surface area contributed by atoms with E-state index in [1.165, 1.54) is 43.5 Å². The molecule has 1 aromatic heterocycles. The highest BCUT2D eigenvalue weighted by molar-refractivity contribution is 7.09. The van der Waals surface area contributed by atoms with Gasteiger partial charge in [-0.1, -0.05) is 25.3 Å². The van der Waals surface area contributed by atoms with Crippen molar-refractivity contribution in [3.8, 4) is 0 Å². The topological polar surface area (TPSA) is 15.3 Å². The maximum atomic E-state index is 3.86. The monoisotopic (exact) mass is 264 g/mol. The molecule has 1 spiro atoms. The standard InChI is InChI=1S/C15H24N2S/c1-13-10-16-15(7-3-2-4-8-15)12-17(13)11-14-6-5-9-18-14/h5-6,9,13,16H,2-4,7-8,10-12H2,1H3. The molecule has 1 aromatic rings. The second-order valence-corrected chi connectivity index (χ2v) is 7.09. The van der Waals surface area contributed by atoms with Crippen molar-refractivity contribution in [3.05, 3.63) is 22.4 Å². The van der Waals surface area contributed by atoms with Gasteiger partial charge in [0, 0.05) is 36.1 Å². The van der Waals surface area contributed by atoms with Gasteiger partial charge in [-0.05, 0) is 31.2 Å². The molecule has 1 atom stereocenters. The lowest BCUT2D eigenvalue weighted by atomic mass is 9.79. The second kappa shape index (κ2) is 5.32. The number of hydrogen-bond acceptors (Lipinski definition) is 3. The number of thiophene rings is 1. The van der Waals surface area contributed by atoms with Crippen LogP contribution >= 0.6 is 11.3 Å². The van der Waals surface area contributed by atoms with Crippen molar-refractivity contribution in [1.82, 2.24) is 10.2 Å². The summed E-state index contributed by atoms with van der Waals surface area (Å²) in [6.45, 7) is 5.90. The lowest BCUT2D eigenvalue weighted by molar-refractivity contribution is 0.0580. The first-order valence-corrected chi connectivity index (χ1v) is 8.17. The average molecular weight is 264 g/mol. The zero-order valence-electron chi connectivity index (χ0n) is 11.3. The van der Waals surface area contributed by atoms with Crippen molar-refractivity contribution in [2.24, 2.45) is 0 Å². The Bertz CT molecular complexity index is 368. The predicted molar refractivity (Wildman–Crippen MR) is 78.0 cm³/mol.